The molecule has 2 rings (SSSR count). The van der Waals surface area contributed by atoms with Crippen LogP contribution in [-0.4, -0.2) is 36.3 Å². The van der Waals surface area contributed by atoms with Crippen molar-refractivity contribution in [1.29, 1.82) is 0 Å². The van der Waals surface area contributed by atoms with E-state index >= 15 is 0 Å². The Morgan fingerprint density at radius 3 is 2.34 bits per heavy atom. The number of hydrogen-bond donors (Lipinski definition) is 0. The Kier molecular flexibility index (Phi) is 10.1. The van der Waals surface area contributed by atoms with E-state index in [1.807, 2.05) is 19.9 Å². The normalized spacial score (nSPS) is 11.2. The van der Waals surface area contributed by atoms with Gasteiger partial charge in [-0.2, -0.15) is 0 Å². The number of unbranched alkanes of at least 4 members (excludes halogenated alkanes) is 3. The molecule has 0 aliphatic rings. The summed E-state index contributed by atoms with van der Waals surface area (Å²) in [6.45, 7) is 13.4. The molecule has 0 fully saturated rings. The Labute approximate surface area is 192 Å². The van der Waals surface area contributed by atoms with Gasteiger partial charge in [-0.25, -0.2) is 9.59 Å². The average molecular weight is 446 g/mol. The van der Waals surface area contributed by atoms with Gasteiger partial charge in [0.05, 0.1) is 18.8 Å². The van der Waals surface area contributed by atoms with Gasteiger partial charge in [0.15, 0.2) is 6.61 Å². The molecule has 2 aromatic rings. The summed E-state index contributed by atoms with van der Waals surface area (Å²) in [4.78, 5) is 24.7. The molecule has 6 heteroatoms. The second-order valence-electron chi connectivity index (χ2n) is 8.57. The van der Waals surface area contributed by atoms with Crippen LogP contribution in [0.3, 0.4) is 0 Å². The zero-order valence-electron chi connectivity index (χ0n) is 20.6. The van der Waals surface area contributed by atoms with Crippen molar-refractivity contribution in [3.8, 4) is 5.75 Å². The summed E-state index contributed by atoms with van der Waals surface area (Å²) in [5.41, 5.74) is 3.52. The minimum Gasteiger partial charge on any atom is -0.482 e. The molecule has 178 valence electrons. The molecule has 0 amide bonds. The highest BCUT2D eigenvalue weighted by Gasteiger charge is 2.23. The summed E-state index contributed by atoms with van der Waals surface area (Å²) < 4.78 is 18.5. The number of rotatable bonds is 13. The van der Waals surface area contributed by atoms with Gasteiger partial charge in [0.25, 0.3) is 0 Å². The van der Waals surface area contributed by atoms with Gasteiger partial charge in [0.2, 0.25) is 0 Å². The SMILES string of the molecule is CCCCCCc1cc2c(cc1OCC(=O)OCC)c(C(=O)OCC)c(C)n2CC(C)C. The number of benzene rings is 1. The fraction of sp³-hybridized carbons (Fsp3) is 0.615. The third kappa shape index (κ3) is 6.50. The maximum Gasteiger partial charge on any atom is 0.344 e. The fourth-order valence-electron chi connectivity index (χ4n) is 4.02. The number of carbonyl (C=O) groups is 2. The van der Waals surface area contributed by atoms with E-state index < -0.39 is 5.97 Å². The van der Waals surface area contributed by atoms with Gasteiger partial charge in [-0.15, -0.1) is 0 Å². The monoisotopic (exact) mass is 445 g/mol. The van der Waals surface area contributed by atoms with Crippen LogP contribution < -0.4 is 4.74 Å². The minimum atomic E-state index is -0.399. The van der Waals surface area contributed by atoms with Gasteiger partial charge in [-0.05, 0) is 57.2 Å². The standard InChI is InChI=1S/C26H39NO5/c1-7-10-11-12-13-20-14-22-21(15-23(20)32-17-24(28)30-8-2)25(26(29)31-9-3)19(6)27(22)16-18(4)5/h14-15,18H,7-13,16-17H2,1-6H3. The summed E-state index contributed by atoms with van der Waals surface area (Å²) in [6.07, 6.45) is 5.41. The van der Waals surface area contributed by atoms with Crippen molar-refractivity contribution in [2.24, 2.45) is 5.92 Å². The van der Waals surface area contributed by atoms with Gasteiger partial charge in [0.1, 0.15) is 5.75 Å². The van der Waals surface area contributed by atoms with Crippen molar-refractivity contribution in [2.75, 3.05) is 19.8 Å². The molecule has 0 atom stereocenters. The summed E-state index contributed by atoms with van der Waals surface area (Å²) in [5.74, 6) is 0.328. The van der Waals surface area contributed by atoms with E-state index in [9.17, 15) is 9.59 Å². The number of fused-ring (bicyclic) bond motifs is 1. The largest absolute Gasteiger partial charge is 0.482 e. The van der Waals surface area contributed by atoms with E-state index in [0.717, 1.165) is 48.0 Å². The van der Waals surface area contributed by atoms with Crippen LogP contribution in [0.25, 0.3) is 10.9 Å². The summed E-state index contributed by atoms with van der Waals surface area (Å²) in [6, 6.07) is 4.03. The third-order valence-corrected chi connectivity index (χ3v) is 5.48. The quantitative estimate of drug-likeness (QED) is 0.286. The van der Waals surface area contributed by atoms with E-state index in [1.165, 1.54) is 12.8 Å². The maximum absolute atomic E-state index is 12.8. The van der Waals surface area contributed by atoms with Gasteiger partial charge in [-0.3, -0.25) is 0 Å². The molecule has 1 aromatic heterocycles. The third-order valence-electron chi connectivity index (χ3n) is 5.48. The lowest BCUT2D eigenvalue weighted by Gasteiger charge is -2.15. The molecular formula is C26H39NO5. The summed E-state index contributed by atoms with van der Waals surface area (Å²) in [7, 11) is 0. The van der Waals surface area contributed by atoms with Gasteiger partial charge < -0.3 is 18.8 Å². The first-order chi connectivity index (χ1) is 15.3. The molecule has 32 heavy (non-hydrogen) atoms. The van der Waals surface area contributed by atoms with E-state index in [1.54, 1.807) is 6.92 Å². The molecule has 0 N–H and O–H groups in total. The molecule has 0 unspecified atom stereocenters. The Bertz CT molecular complexity index is 913. The zero-order chi connectivity index (χ0) is 23.7. The van der Waals surface area contributed by atoms with Crippen LogP contribution in [0.4, 0.5) is 0 Å². The lowest BCUT2D eigenvalue weighted by molar-refractivity contribution is -0.145. The molecule has 0 bridgehead atoms. The summed E-state index contributed by atoms with van der Waals surface area (Å²) >= 11 is 0. The van der Waals surface area contributed by atoms with E-state index in [0.29, 0.717) is 30.4 Å². The highest BCUT2D eigenvalue weighted by Crippen LogP contribution is 2.34. The first kappa shape index (κ1) is 25.8. The molecule has 6 nitrogen and oxygen atoms in total. The van der Waals surface area contributed by atoms with Crippen LogP contribution >= 0.6 is 0 Å². The average Bonchev–Trinajstić information content (AvgIpc) is 3.00. The first-order valence-electron chi connectivity index (χ1n) is 11.9. The number of aryl methyl sites for hydroxylation is 1. The van der Waals surface area contributed by atoms with Crippen molar-refractivity contribution in [1.82, 2.24) is 4.57 Å². The van der Waals surface area contributed by atoms with Crippen molar-refractivity contribution < 1.29 is 23.8 Å². The second kappa shape index (κ2) is 12.5. The van der Waals surface area contributed by atoms with Crippen LogP contribution in [0.1, 0.15) is 81.9 Å². The Morgan fingerprint density at radius 2 is 1.72 bits per heavy atom. The van der Waals surface area contributed by atoms with Crippen molar-refractivity contribution >= 4 is 22.8 Å². The topological polar surface area (TPSA) is 66.8 Å². The van der Waals surface area contributed by atoms with Crippen LogP contribution in [0.2, 0.25) is 0 Å². The molecule has 0 saturated carbocycles. The molecule has 0 spiro atoms. The molecule has 0 radical (unpaired) electrons. The molecule has 0 saturated heterocycles. The van der Waals surface area contributed by atoms with E-state index in [2.05, 4.69) is 31.4 Å². The Morgan fingerprint density at radius 1 is 1.00 bits per heavy atom. The van der Waals surface area contributed by atoms with Crippen LogP contribution in [0.15, 0.2) is 12.1 Å². The Balaban J connectivity index is 2.57. The molecular weight excluding hydrogens is 406 g/mol. The predicted molar refractivity (Wildman–Crippen MR) is 127 cm³/mol. The van der Waals surface area contributed by atoms with Crippen LogP contribution in [0.5, 0.6) is 5.75 Å². The number of nitrogens with zero attached hydrogens (tertiary/aromatic N) is 1. The molecule has 1 aromatic carbocycles. The highest BCUT2D eigenvalue weighted by atomic mass is 16.6. The molecule has 0 aliphatic heterocycles. The summed E-state index contributed by atoms with van der Waals surface area (Å²) in [5, 5.41) is 0.803. The highest BCUT2D eigenvalue weighted by molar-refractivity contribution is 6.06. The smallest absolute Gasteiger partial charge is 0.344 e. The minimum absolute atomic E-state index is 0.151. The second-order valence-corrected chi connectivity index (χ2v) is 8.57. The van der Waals surface area contributed by atoms with E-state index in [4.69, 9.17) is 14.2 Å². The zero-order valence-corrected chi connectivity index (χ0v) is 20.6. The maximum atomic E-state index is 12.8. The number of ether oxygens (including phenoxy) is 3. The number of aromatic nitrogens is 1. The number of esters is 2. The van der Waals surface area contributed by atoms with Gasteiger partial charge in [0, 0.05) is 23.1 Å². The lowest BCUT2D eigenvalue weighted by atomic mass is 10.0. The lowest BCUT2D eigenvalue weighted by Crippen LogP contribution is -2.15. The predicted octanol–water partition coefficient (Wildman–Crippen LogP) is 5.85. The molecule has 0 aliphatic carbocycles. The Hall–Kier alpha value is -2.50. The molecule has 1 heterocycles. The van der Waals surface area contributed by atoms with Crippen LogP contribution in [0, 0.1) is 12.8 Å². The number of hydrogen-bond acceptors (Lipinski definition) is 5. The fourth-order valence-corrected chi connectivity index (χ4v) is 4.02. The van der Waals surface area contributed by atoms with Crippen molar-refractivity contribution in [3.05, 3.63) is 29.0 Å². The van der Waals surface area contributed by atoms with Gasteiger partial charge in [-0.1, -0.05) is 40.0 Å². The van der Waals surface area contributed by atoms with Crippen molar-refractivity contribution in [2.45, 2.75) is 80.2 Å². The number of carbonyl (C=O) groups excluding carboxylic acids is 2. The first-order valence-corrected chi connectivity index (χ1v) is 11.9. The van der Waals surface area contributed by atoms with Gasteiger partial charge >= 0.3 is 11.9 Å². The van der Waals surface area contributed by atoms with E-state index in [-0.39, 0.29) is 12.6 Å². The van der Waals surface area contributed by atoms with Crippen LogP contribution in [-0.2, 0) is 27.2 Å². The van der Waals surface area contributed by atoms with Crippen molar-refractivity contribution in [3.63, 3.8) is 0 Å².